The van der Waals surface area contributed by atoms with Crippen molar-refractivity contribution in [1.29, 1.82) is 0 Å². The summed E-state index contributed by atoms with van der Waals surface area (Å²) in [5.74, 6) is 0.0333. The molecule has 0 fully saturated rings. The summed E-state index contributed by atoms with van der Waals surface area (Å²) < 4.78 is 65.1. The van der Waals surface area contributed by atoms with Crippen LogP contribution in [0.25, 0.3) is 5.53 Å². The third-order valence-corrected chi connectivity index (χ3v) is 10.2. The number of nitrogens with zero attached hydrogens (tertiary/aromatic N) is 2. The number of rotatable bonds is 14. The van der Waals surface area contributed by atoms with Gasteiger partial charge in [-0.25, -0.2) is 16.8 Å². The third-order valence-electron chi connectivity index (χ3n) is 5.96. The summed E-state index contributed by atoms with van der Waals surface area (Å²) >= 11 is 0. The maximum atomic E-state index is 13.7. The van der Waals surface area contributed by atoms with Crippen LogP contribution in [0.2, 0.25) is 0 Å². The van der Waals surface area contributed by atoms with Crippen molar-refractivity contribution in [1.82, 2.24) is 0 Å². The van der Waals surface area contributed by atoms with Gasteiger partial charge in [0.2, 0.25) is 0 Å². The van der Waals surface area contributed by atoms with E-state index < -0.39 is 24.1 Å². The second-order valence-electron chi connectivity index (χ2n) is 8.75. The molecule has 204 valence electrons. The van der Waals surface area contributed by atoms with E-state index in [1.54, 1.807) is 12.1 Å². The van der Waals surface area contributed by atoms with Crippen molar-refractivity contribution in [2.24, 2.45) is 0 Å². The predicted molar refractivity (Wildman–Crippen MR) is 145 cm³/mol. The number of unbranched alkanes of at least 4 members (excludes halogenated alkanes) is 4. The van der Waals surface area contributed by atoms with Crippen LogP contribution in [-0.4, -0.2) is 39.2 Å². The van der Waals surface area contributed by atoms with Crippen LogP contribution in [0.5, 0.6) is 11.5 Å². The molecule has 2 aromatic carbocycles. The fourth-order valence-corrected chi connectivity index (χ4v) is 7.39. The summed E-state index contributed by atoms with van der Waals surface area (Å²) in [6, 6.07) is 9.22. The second kappa shape index (κ2) is 14.3. The largest absolute Gasteiger partial charge is 0.504 e. The van der Waals surface area contributed by atoms with Gasteiger partial charge in [-0.1, -0.05) is 65.5 Å². The number of ether oxygens (including phenoxy) is 2. The summed E-state index contributed by atoms with van der Waals surface area (Å²) in [4.78, 5) is 2.13. The smallest absolute Gasteiger partial charge is 0.492 e. The topological polar surface area (TPSA) is 123 Å². The molecule has 0 unspecified atom stereocenters. The first-order valence-electron chi connectivity index (χ1n) is 12.9. The minimum absolute atomic E-state index is 0.0167. The second-order valence-corrected chi connectivity index (χ2v) is 12.7. The van der Waals surface area contributed by atoms with E-state index in [-0.39, 0.29) is 34.5 Å². The Bertz CT molecular complexity index is 1220. The molecule has 0 aromatic heterocycles. The van der Waals surface area contributed by atoms with Crippen LogP contribution < -0.4 is 9.47 Å². The van der Waals surface area contributed by atoms with Crippen molar-refractivity contribution in [2.45, 2.75) is 88.9 Å². The minimum Gasteiger partial charge on any atom is -0.492 e. The molecule has 0 aliphatic carbocycles. The van der Waals surface area contributed by atoms with Crippen LogP contribution in [0.1, 0.15) is 77.3 Å². The molecule has 0 heterocycles. The Morgan fingerprint density at radius 3 is 1.43 bits per heavy atom. The zero-order chi connectivity index (χ0) is 27.5. The Kier molecular flexibility index (Phi) is 11.8. The quantitative estimate of drug-likeness (QED) is 0.0965. The Morgan fingerprint density at radius 2 is 1.11 bits per heavy atom. The molecule has 0 aliphatic rings. The van der Waals surface area contributed by atoms with Crippen LogP contribution in [-0.2, 0) is 32.5 Å². The van der Waals surface area contributed by atoms with Gasteiger partial charge in [0.05, 0.1) is 13.2 Å². The molecule has 2 aromatic rings. The summed E-state index contributed by atoms with van der Waals surface area (Å²) in [5, 5.41) is 0. The summed E-state index contributed by atoms with van der Waals surface area (Å²) in [6.45, 7) is 8.32. The lowest BCUT2D eigenvalue weighted by Crippen LogP contribution is -2.27. The molecule has 8 nitrogen and oxygen atoms in total. The molecule has 37 heavy (non-hydrogen) atoms. The van der Waals surface area contributed by atoms with E-state index in [4.69, 9.17) is 9.47 Å². The van der Waals surface area contributed by atoms with E-state index in [2.05, 4.69) is 4.79 Å². The van der Waals surface area contributed by atoms with Gasteiger partial charge in [0, 0.05) is 0 Å². The van der Waals surface area contributed by atoms with Gasteiger partial charge in [-0.3, -0.25) is 0 Å². The van der Waals surface area contributed by atoms with Crippen molar-refractivity contribution in [3.63, 3.8) is 0 Å². The van der Waals surface area contributed by atoms with Crippen molar-refractivity contribution in [3.05, 3.63) is 53.1 Å². The summed E-state index contributed by atoms with van der Waals surface area (Å²) in [7, 11) is -9.59. The third kappa shape index (κ3) is 7.66. The van der Waals surface area contributed by atoms with Crippen LogP contribution in [0.3, 0.4) is 0 Å². The van der Waals surface area contributed by atoms with Gasteiger partial charge in [0.25, 0.3) is 19.7 Å². The highest BCUT2D eigenvalue weighted by Crippen LogP contribution is 2.33. The highest BCUT2D eigenvalue weighted by atomic mass is 32.3. The first-order valence-corrected chi connectivity index (χ1v) is 15.9. The average molecular weight is 551 g/mol. The van der Waals surface area contributed by atoms with Gasteiger partial charge in [-0.05, 0) is 61.1 Å². The summed E-state index contributed by atoms with van der Waals surface area (Å²) in [5.41, 5.74) is 11.1. The molecule has 10 heteroatoms. The maximum Gasteiger partial charge on any atom is 0.504 e. The predicted octanol–water partition coefficient (Wildman–Crippen LogP) is 5.78. The minimum atomic E-state index is -4.80. The summed E-state index contributed by atoms with van der Waals surface area (Å²) in [6.07, 6.45) is 6.20. The molecule has 0 aliphatic heterocycles. The molecule has 0 amide bonds. The van der Waals surface area contributed by atoms with E-state index in [1.165, 1.54) is 24.3 Å². The molecule has 0 radical (unpaired) electrons. The number of hydrogen-bond acceptors (Lipinski definition) is 6. The Morgan fingerprint density at radius 1 is 0.703 bits per heavy atom. The maximum absolute atomic E-state index is 13.7. The molecule has 0 atom stereocenters. The monoisotopic (exact) mass is 550 g/mol. The Labute approximate surface area is 221 Å². The number of sulfone groups is 2. The number of benzene rings is 2. The molecule has 2 rings (SSSR count). The van der Waals surface area contributed by atoms with E-state index in [0.717, 1.165) is 25.7 Å². The van der Waals surface area contributed by atoms with Gasteiger partial charge in [0.15, 0.2) is 0 Å². The molecule has 0 saturated carbocycles. The fourth-order valence-electron chi connectivity index (χ4n) is 3.71. The molecule has 0 bridgehead atoms. The van der Waals surface area contributed by atoms with Gasteiger partial charge >= 0.3 is 4.38 Å². The Balaban J connectivity index is 2.60. The van der Waals surface area contributed by atoms with Crippen molar-refractivity contribution >= 4 is 24.1 Å². The first kappa shape index (κ1) is 30.5. The van der Waals surface area contributed by atoms with E-state index in [9.17, 15) is 22.4 Å². The zero-order valence-corrected chi connectivity index (χ0v) is 23.8. The standard InChI is InChI=1S/C27H38N2O6S2/c1-5-9-11-17-34-23-15-13-21(7-3)19-25(23)36(30,31)27(29-28)37(32,33)26-20-22(8-4)14-16-24(26)35-18-12-10-6-2/h13-16,19-20H,5-12,17-18H2,1-4H3. The van der Waals surface area contributed by atoms with Crippen LogP contribution in [0, 0.1) is 0 Å². The first-order chi connectivity index (χ1) is 17.7. The van der Waals surface area contributed by atoms with Crippen molar-refractivity contribution in [3.8, 4) is 11.5 Å². The molecular weight excluding hydrogens is 512 g/mol. The van der Waals surface area contributed by atoms with Gasteiger partial charge in [0.1, 0.15) is 21.3 Å². The SMILES string of the molecule is CCCCCOc1ccc(CC)cc1S(=O)(=O)C(=[N+]=[N-])S(=O)(=O)c1cc(CC)ccc1OCCCCC. The molecule has 0 saturated heterocycles. The molecular formula is C27H38N2O6S2. The van der Waals surface area contributed by atoms with E-state index >= 15 is 0 Å². The number of hydrogen-bond donors (Lipinski definition) is 0. The average Bonchev–Trinajstić information content (AvgIpc) is 2.89. The van der Waals surface area contributed by atoms with E-state index in [0.29, 0.717) is 36.8 Å². The van der Waals surface area contributed by atoms with Gasteiger partial charge in [-0.2, -0.15) is 0 Å². The van der Waals surface area contributed by atoms with Crippen LogP contribution >= 0.6 is 0 Å². The van der Waals surface area contributed by atoms with Crippen molar-refractivity contribution in [2.75, 3.05) is 13.2 Å². The molecule has 0 N–H and O–H groups in total. The zero-order valence-electron chi connectivity index (χ0n) is 22.2. The van der Waals surface area contributed by atoms with Gasteiger partial charge < -0.3 is 15.0 Å². The van der Waals surface area contributed by atoms with Crippen LogP contribution in [0.15, 0.2) is 46.2 Å². The lowest BCUT2D eigenvalue weighted by molar-refractivity contribution is 0.00377. The van der Waals surface area contributed by atoms with Crippen molar-refractivity contribution < 1.29 is 31.1 Å². The fraction of sp³-hybridized carbons (Fsp3) is 0.519. The van der Waals surface area contributed by atoms with Gasteiger partial charge in [-0.15, -0.1) is 4.79 Å². The van der Waals surface area contributed by atoms with E-state index in [1.807, 2.05) is 27.7 Å². The number of aryl methyl sites for hydroxylation is 2. The Hall–Kier alpha value is -2.68. The normalized spacial score (nSPS) is 11.7. The molecule has 0 spiro atoms. The van der Waals surface area contributed by atoms with Crippen LogP contribution in [0.4, 0.5) is 0 Å². The lowest BCUT2D eigenvalue weighted by atomic mass is 10.2. The highest BCUT2D eigenvalue weighted by Gasteiger charge is 2.47. The highest BCUT2D eigenvalue weighted by molar-refractivity contribution is 8.31. The lowest BCUT2D eigenvalue weighted by Gasteiger charge is -2.14.